The first-order chi connectivity index (χ1) is 3.27. The zero-order chi connectivity index (χ0) is 5.70. The molecular weight excluding hydrogens is 112 g/mol. The Morgan fingerprint density at radius 3 is 2.43 bits per heavy atom. The maximum absolute atomic E-state index is 5.32. The van der Waals surface area contributed by atoms with Gasteiger partial charge in [-0.15, -0.1) is 0 Å². The number of rotatable bonds is 1. The van der Waals surface area contributed by atoms with Crippen LogP contribution in [0.25, 0.3) is 0 Å². The monoisotopic (exact) mass is 118 g/mol. The van der Waals surface area contributed by atoms with Gasteiger partial charge in [0.25, 0.3) is 0 Å². The molecule has 0 aromatic carbocycles. The van der Waals surface area contributed by atoms with Gasteiger partial charge in [0.1, 0.15) is 11.5 Å². The van der Waals surface area contributed by atoms with Crippen LogP contribution in [0.5, 0.6) is 0 Å². The van der Waals surface area contributed by atoms with Crippen LogP contribution in [0.3, 0.4) is 0 Å². The predicted octanol–water partition coefficient (Wildman–Crippen LogP) is 1.30. The van der Waals surface area contributed by atoms with Crippen molar-refractivity contribution < 1.29 is 0 Å². The van der Waals surface area contributed by atoms with Crippen LogP contribution in [0.4, 0.5) is 0 Å². The van der Waals surface area contributed by atoms with Crippen LogP contribution in [-0.4, -0.2) is 18.6 Å². The predicted molar refractivity (Wildman–Crippen MR) is 33.4 cm³/mol. The molecular formula is C4H7ClN2. The van der Waals surface area contributed by atoms with Crippen LogP contribution in [0, 0.1) is 0 Å². The third-order valence-corrected chi connectivity index (χ3v) is 0.449. The van der Waals surface area contributed by atoms with Crippen molar-refractivity contribution in [2.45, 2.75) is 6.92 Å². The molecule has 7 heavy (non-hydrogen) atoms. The Bertz CT molecular complexity index is 91.9. The standard InChI is InChI=1S/C4H7ClN2/c1-4(5)7-3-6-2/h3H,1-2H3/b6-3-,7-4+. The van der Waals surface area contributed by atoms with Crippen LogP contribution in [0.2, 0.25) is 0 Å². The molecule has 0 spiro atoms. The number of hydrogen-bond acceptors (Lipinski definition) is 1. The fraction of sp³-hybridized carbons (Fsp3) is 0.500. The smallest absolute Gasteiger partial charge is 0.110 e. The van der Waals surface area contributed by atoms with Crippen LogP contribution >= 0.6 is 11.6 Å². The average Bonchev–Trinajstić information content (AvgIpc) is 1.61. The fourth-order valence-electron chi connectivity index (χ4n) is 0.137. The summed E-state index contributed by atoms with van der Waals surface area (Å²) in [6, 6.07) is 0. The Morgan fingerprint density at radius 2 is 2.29 bits per heavy atom. The molecule has 0 amide bonds. The van der Waals surface area contributed by atoms with Crippen LogP contribution < -0.4 is 0 Å². The molecule has 40 valence electrons. The highest BCUT2D eigenvalue weighted by Gasteiger charge is 1.70. The quantitative estimate of drug-likeness (QED) is 0.366. The van der Waals surface area contributed by atoms with Crippen molar-refractivity contribution in [1.82, 2.24) is 0 Å². The molecule has 3 heteroatoms. The van der Waals surface area contributed by atoms with E-state index in [1.165, 1.54) is 6.34 Å². The minimum Gasteiger partial charge on any atom is -0.277 e. The van der Waals surface area contributed by atoms with Crippen molar-refractivity contribution in [3.8, 4) is 0 Å². The van der Waals surface area contributed by atoms with Gasteiger partial charge in [0.2, 0.25) is 0 Å². The molecule has 0 heterocycles. The molecule has 0 rings (SSSR count). The van der Waals surface area contributed by atoms with E-state index in [1.807, 2.05) is 0 Å². The lowest BCUT2D eigenvalue weighted by atomic mass is 10.9. The molecule has 0 radical (unpaired) electrons. The summed E-state index contributed by atoms with van der Waals surface area (Å²) >= 11 is 5.32. The zero-order valence-corrected chi connectivity index (χ0v) is 5.11. The van der Waals surface area contributed by atoms with Gasteiger partial charge in [-0.3, -0.25) is 4.99 Å². The Kier molecular flexibility index (Phi) is 3.61. The summed E-state index contributed by atoms with van der Waals surface area (Å²) in [5, 5.41) is 0.505. The van der Waals surface area contributed by atoms with Gasteiger partial charge >= 0.3 is 0 Å². The van der Waals surface area contributed by atoms with Crippen LogP contribution in [0.15, 0.2) is 9.98 Å². The van der Waals surface area contributed by atoms with Crippen molar-refractivity contribution in [3.63, 3.8) is 0 Å². The second-order valence-electron chi connectivity index (χ2n) is 1.000. The highest BCUT2D eigenvalue weighted by Crippen LogP contribution is 1.78. The first-order valence-corrected chi connectivity index (χ1v) is 2.25. The van der Waals surface area contributed by atoms with E-state index in [-0.39, 0.29) is 0 Å². The highest BCUT2D eigenvalue weighted by molar-refractivity contribution is 6.65. The lowest BCUT2D eigenvalue weighted by molar-refractivity contribution is 1.44. The molecule has 0 bridgehead atoms. The maximum atomic E-state index is 5.32. The van der Waals surface area contributed by atoms with E-state index < -0.39 is 0 Å². The van der Waals surface area contributed by atoms with E-state index in [2.05, 4.69) is 9.98 Å². The minimum absolute atomic E-state index is 0.505. The number of hydrogen-bond donors (Lipinski definition) is 0. The summed E-state index contributed by atoms with van der Waals surface area (Å²) in [5.74, 6) is 0. The number of nitrogens with zero attached hydrogens (tertiary/aromatic N) is 2. The summed E-state index contributed by atoms with van der Waals surface area (Å²) < 4.78 is 0. The third kappa shape index (κ3) is 5.63. The van der Waals surface area contributed by atoms with Crippen molar-refractivity contribution >= 4 is 23.1 Å². The molecule has 0 saturated heterocycles. The lowest BCUT2D eigenvalue weighted by Gasteiger charge is -1.74. The molecule has 0 unspecified atom stereocenters. The van der Waals surface area contributed by atoms with Gasteiger partial charge in [-0.1, -0.05) is 11.6 Å². The number of halogens is 1. The van der Waals surface area contributed by atoms with Crippen LogP contribution in [-0.2, 0) is 0 Å². The minimum atomic E-state index is 0.505. The second kappa shape index (κ2) is 3.81. The van der Waals surface area contributed by atoms with Gasteiger partial charge in [-0.25, -0.2) is 4.99 Å². The number of aliphatic imine (C=N–C) groups is 2. The largest absolute Gasteiger partial charge is 0.277 e. The molecule has 0 aromatic rings. The van der Waals surface area contributed by atoms with Gasteiger partial charge in [-0.2, -0.15) is 0 Å². The second-order valence-corrected chi connectivity index (χ2v) is 1.55. The van der Waals surface area contributed by atoms with E-state index in [0.29, 0.717) is 5.17 Å². The molecule has 0 aliphatic rings. The molecule has 2 nitrogen and oxygen atoms in total. The van der Waals surface area contributed by atoms with E-state index >= 15 is 0 Å². The fourth-order valence-corrected chi connectivity index (χ4v) is 0.181. The highest BCUT2D eigenvalue weighted by atomic mass is 35.5. The van der Waals surface area contributed by atoms with Crippen molar-refractivity contribution in [2.24, 2.45) is 9.98 Å². The lowest BCUT2D eigenvalue weighted by Crippen LogP contribution is -1.73. The molecule has 0 aliphatic heterocycles. The molecule has 0 N–H and O–H groups in total. The van der Waals surface area contributed by atoms with Crippen LogP contribution in [0.1, 0.15) is 6.92 Å². The summed E-state index contributed by atoms with van der Waals surface area (Å²) in [6.45, 7) is 1.70. The molecule has 0 fully saturated rings. The SMILES string of the molecule is C/N=C\N=C(/C)Cl. The topological polar surface area (TPSA) is 24.7 Å². The van der Waals surface area contributed by atoms with Crippen molar-refractivity contribution in [2.75, 3.05) is 7.05 Å². The van der Waals surface area contributed by atoms with Gasteiger partial charge in [0, 0.05) is 7.05 Å². The Balaban J connectivity index is 3.46. The Morgan fingerprint density at radius 1 is 1.71 bits per heavy atom. The van der Waals surface area contributed by atoms with Gasteiger partial charge in [0.15, 0.2) is 0 Å². The normalized spacial score (nSPS) is 13.3. The summed E-state index contributed by atoms with van der Waals surface area (Å²) in [6.07, 6.45) is 1.41. The Labute approximate surface area is 47.9 Å². The Hall–Kier alpha value is -0.370. The van der Waals surface area contributed by atoms with E-state index in [0.717, 1.165) is 0 Å². The van der Waals surface area contributed by atoms with Gasteiger partial charge in [0.05, 0.1) is 0 Å². The van der Waals surface area contributed by atoms with Gasteiger partial charge < -0.3 is 0 Å². The summed E-state index contributed by atoms with van der Waals surface area (Å²) in [7, 11) is 1.64. The van der Waals surface area contributed by atoms with Gasteiger partial charge in [-0.05, 0) is 6.92 Å². The first kappa shape index (κ1) is 6.63. The third-order valence-electron chi connectivity index (χ3n) is 0.351. The van der Waals surface area contributed by atoms with E-state index in [4.69, 9.17) is 11.6 Å². The van der Waals surface area contributed by atoms with E-state index in [9.17, 15) is 0 Å². The first-order valence-electron chi connectivity index (χ1n) is 1.88. The summed E-state index contributed by atoms with van der Waals surface area (Å²) in [4.78, 5) is 7.21. The zero-order valence-electron chi connectivity index (χ0n) is 4.35. The van der Waals surface area contributed by atoms with Crippen molar-refractivity contribution in [1.29, 1.82) is 0 Å². The molecule has 0 saturated carbocycles. The molecule has 0 aromatic heterocycles. The molecule has 0 aliphatic carbocycles. The average molecular weight is 119 g/mol. The molecule has 0 atom stereocenters. The maximum Gasteiger partial charge on any atom is 0.110 e. The van der Waals surface area contributed by atoms with E-state index in [1.54, 1.807) is 14.0 Å². The summed E-state index contributed by atoms with van der Waals surface area (Å²) in [5.41, 5.74) is 0. The van der Waals surface area contributed by atoms with Crippen molar-refractivity contribution in [3.05, 3.63) is 0 Å².